The standard InChI is InChI=1S/C10H10N4O6.CH6OSi/c1-13-7-6(11-3-12-7)8(17)14(10(13)20)4(9(18)19)2-5(15)16;1-3-2/h3-4H,2H2,1H3,(H,11,12)(H,15,16)(H,18,19);2H,3H2,1H3. The highest BCUT2D eigenvalue weighted by atomic mass is 28.2. The number of carboxylic acid groups (broad SMARTS) is 2. The number of fused-ring (bicyclic) bond motifs is 1. The highest BCUT2D eigenvalue weighted by Crippen LogP contribution is 2.09. The zero-order chi connectivity index (χ0) is 17.7. The molecule has 2 aromatic heterocycles. The molecule has 0 saturated carbocycles. The molecule has 4 N–H and O–H groups in total. The van der Waals surface area contributed by atoms with Crippen LogP contribution in [-0.4, -0.2) is 55.8 Å². The fourth-order valence-corrected chi connectivity index (χ4v) is 1.89. The summed E-state index contributed by atoms with van der Waals surface area (Å²) in [5, 5.41) is 17.8. The van der Waals surface area contributed by atoms with Gasteiger partial charge in [0.1, 0.15) is 11.6 Å². The highest BCUT2D eigenvalue weighted by Gasteiger charge is 2.28. The second kappa shape index (κ2) is 7.51. The van der Waals surface area contributed by atoms with E-state index >= 15 is 0 Å². The van der Waals surface area contributed by atoms with Crippen LogP contribution in [0.5, 0.6) is 0 Å². The van der Waals surface area contributed by atoms with Crippen molar-refractivity contribution < 1.29 is 24.6 Å². The summed E-state index contributed by atoms with van der Waals surface area (Å²) in [4.78, 5) is 60.0. The van der Waals surface area contributed by atoms with E-state index in [9.17, 15) is 19.2 Å². The number of aryl methyl sites for hydroxylation is 1. The van der Waals surface area contributed by atoms with Crippen molar-refractivity contribution >= 4 is 32.9 Å². The van der Waals surface area contributed by atoms with Crippen LogP contribution < -0.4 is 11.2 Å². The molecule has 1 atom stereocenters. The number of nitrogens with one attached hydrogen (secondary N) is 1. The number of carboxylic acids is 2. The first-order chi connectivity index (χ1) is 10.8. The number of carbonyl (C=O) groups is 2. The van der Waals surface area contributed by atoms with Crippen LogP contribution in [-0.2, 0) is 16.6 Å². The van der Waals surface area contributed by atoms with Crippen LogP contribution in [0.2, 0.25) is 6.55 Å². The SMILES string of the molecule is C[SiH2]O.Cn1c(=O)n(C(CC(=O)O)C(=O)O)c(=O)c2[nH]cnc21. The first-order valence-corrected chi connectivity index (χ1v) is 8.50. The van der Waals surface area contributed by atoms with Crippen molar-refractivity contribution in [2.45, 2.75) is 19.0 Å². The highest BCUT2D eigenvalue weighted by molar-refractivity contribution is 6.22. The summed E-state index contributed by atoms with van der Waals surface area (Å²) in [7, 11) is 0.723. The molecule has 2 rings (SSSR count). The number of hydrogen-bond acceptors (Lipinski definition) is 6. The average Bonchev–Trinajstić information content (AvgIpc) is 2.94. The van der Waals surface area contributed by atoms with Crippen LogP contribution in [0.3, 0.4) is 0 Å². The predicted molar refractivity (Wildman–Crippen MR) is 81.1 cm³/mol. The summed E-state index contributed by atoms with van der Waals surface area (Å²) < 4.78 is 1.38. The molecule has 1 unspecified atom stereocenters. The largest absolute Gasteiger partial charge is 0.481 e. The molecular formula is C11H16N4O7Si. The minimum absolute atomic E-state index is 0.0655. The summed E-state index contributed by atoms with van der Waals surface area (Å²) in [5.74, 6) is -3.01. The van der Waals surface area contributed by atoms with E-state index in [0.717, 1.165) is 4.57 Å². The quantitative estimate of drug-likeness (QED) is 0.446. The minimum atomic E-state index is -1.79. The Morgan fingerprint density at radius 2 is 1.96 bits per heavy atom. The molecule has 0 aliphatic rings. The van der Waals surface area contributed by atoms with E-state index in [1.54, 1.807) is 0 Å². The molecule has 0 aliphatic carbocycles. The van der Waals surface area contributed by atoms with Gasteiger partial charge >= 0.3 is 17.6 Å². The van der Waals surface area contributed by atoms with E-state index in [0.29, 0.717) is 4.57 Å². The third-order valence-electron chi connectivity index (χ3n) is 2.83. The zero-order valence-electron chi connectivity index (χ0n) is 12.4. The van der Waals surface area contributed by atoms with Crippen molar-refractivity contribution in [3.8, 4) is 0 Å². The number of aromatic nitrogens is 4. The first-order valence-electron chi connectivity index (χ1n) is 6.46. The number of hydrogen-bond donors (Lipinski definition) is 4. The lowest BCUT2D eigenvalue weighted by molar-refractivity contribution is -0.147. The fraction of sp³-hybridized carbons (Fsp3) is 0.364. The zero-order valence-corrected chi connectivity index (χ0v) is 13.8. The number of imidazole rings is 1. The van der Waals surface area contributed by atoms with Gasteiger partial charge in [-0.15, -0.1) is 0 Å². The lowest BCUT2D eigenvalue weighted by atomic mass is 10.2. The van der Waals surface area contributed by atoms with Crippen LogP contribution in [0.4, 0.5) is 0 Å². The smallest absolute Gasteiger partial charge is 0.333 e. The lowest BCUT2D eigenvalue weighted by Gasteiger charge is -2.13. The number of H-pyrrole nitrogens is 1. The van der Waals surface area contributed by atoms with Gasteiger partial charge in [-0.05, 0) is 0 Å². The number of aliphatic carboxylic acids is 2. The van der Waals surface area contributed by atoms with Crippen molar-refractivity contribution in [2.24, 2.45) is 7.05 Å². The third-order valence-corrected chi connectivity index (χ3v) is 2.83. The van der Waals surface area contributed by atoms with E-state index < -0.39 is 45.4 Å². The van der Waals surface area contributed by atoms with Gasteiger partial charge in [0.05, 0.1) is 12.7 Å². The van der Waals surface area contributed by atoms with Gasteiger partial charge in [0.25, 0.3) is 5.56 Å². The molecule has 0 fully saturated rings. The Morgan fingerprint density at radius 3 is 2.43 bits per heavy atom. The Kier molecular flexibility index (Phi) is 5.98. The Hall–Kier alpha value is -2.73. The van der Waals surface area contributed by atoms with Crippen LogP contribution in [0.1, 0.15) is 12.5 Å². The van der Waals surface area contributed by atoms with Gasteiger partial charge in [0.15, 0.2) is 15.4 Å². The second-order valence-corrected chi connectivity index (χ2v) is 5.02. The van der Waals surface area contributed by atoms with E-state index in [1.165, 1.54) is 13.4 Å². The van der Waals surface area contributed by atoms with E-state index in [4.69, 9.17) is 15.0 Å². The average molecular weight is 344 g/mol. The normalized spacial score (nSPS) is 12.1. The fourth-order valence-electron chi connectivity index (χ4n) is 1.89. The van der Waals surface area contributed by atoms with Gasteiger partial charge in [-0.3, -0.25) is 14.2 Å². The van der Waals surface area contributed by atoms with Crippen molar-refractivity contribution in [1.82, 2.24) is 19.1 Å². The van der Waals surface area contributed by atoms with E-state index in [2.05, 4.69) is 9.97 Å². The second-order valence-electron chi connectivity index (χ2n) is 4.39. The number of rotatable bonds is 4. The molecule has 23 heavy (non-hydrogen) atoms. The first kappa shape index (κ1) is 18.3. The molecule has 126 valence electrons. The Labute approximate surface area is 130 Å². The molecule has 0 amide bonds. The van der Waals surface area contributed by atoms with Crippen LogP contribution in [0.15, 0.2) is 15.9 Å². The molecular weight excluding hydrogens is 328 g/mol. The van der Waals surface area contributed by atoms with Crippen molar-refractivity contribution in [3.05, 3.63) is 27.2 Å². The summed E-state index contributed by atoms with van der Waals surface area (Å²) in [6.07, 6.45) is 0.299. The molecule has 12 heteroatoms. The monoisotopic (exact) mass is 344 g/mol. The predicted octanol–water partition coefficient (Wildman–Crippen LogP) is -2.37. The van der Waals surface area contributed by atoms with Crippen molar-refractivity contribution in [1.29, 1.82) is 0 Å². The molecule has 0 aliphatic heterocycles. The van der Waals surface area contributed by atoms with Crippen molar-refractivity contribution in [3.63, 3.8) is 0 Å². The van der Waals surface area contributed by atoms with Gasteiger partial charge < -0.3 is 20.0 Å². The Bertz CT molecular complexity index is 837. The summed E-state index contributed by atoms with van der Waals surface area (Å²) >= 11 is 0. The van der Waals surface area contributed by atoms with Crippen molar-refractivity contribution in [2.75, 3.05) is 0 Å². The van der Waals surface area contributed by atoms with Crippen LogP contribution in [0.25, 0.3) is 11.2 Å². The molecule has 0 spiro atoms. The van der Waals surface area contributed by atoms with Crippen LogP contribution in [0, 0.1) is 0 Å². The molecule has 0 saturated heterocycles. The molecule has 11 nitrogen and oxygen atoms in total. The number of aromatic amines is 1. The molecule has 2 aromatic rings. The maximum absolute atomic E-state index is 12.1. The molecule has 0 bridgehead atoms. The van der Waals surface area contributed by atoms with Gasteiger partial charge in [-0.25, -0.2) is 19.1 Å². The van der Waals surface area contributed by atoms with Crippen LogP contribution >= 0.6 is 0 Å². The minimum Gasteiger partial charge on any atom is -0.481 e. The lowest BCUT2D eigenvalue weighted by Crippen LogP contribution is -2.44. The number of nitrogens with zero attached hydrogens (tertiary/aromatic N) is 3. The molecule has 0 radical (unpaired) electrons. The van der Waals surface area contributed by atoms with Gasteiger partial charge in [0.2, 0.25) is 0 Å². The molecule has 0 aromatic carbocycles. The summed E-state index contributed by atoms with van der Waals surface area (Å²) in [6.45, 7) is 1.82. The third kappa shape index (κ3) is 3.73. The Balaban J connectivity index is 0.000000816. The maximum Gasteiger partial charge on any atom is 0.333 e. The van der Waals surface area contributed by atoms with Gasteiger partial charge in [-0.2, -0.15) is 0 Å². The summed E-state index contributed by atoms with van der Waals surface area (Å²) in [6, 6.07) is -1.79. The summed E-state index contributed by atoms with van der Waals surface area (Å²) in [5.41, 5.74) is -1.86. The van der Waals surface area contributed by atoms with Gasteiger partial charge in [-0.1, -0.05) is 6.55 Å². The topological polar surface area (TPSA) is 168 Å². The Morgan fingerprint density at radius 1 is 1.39 bits per heavy atom. The van der Waals surface area contributed by atoms with E-state index in [-0.39, 0.29) is 11.2 Å². The maximum atomic E-state index is 12.1. The van der Waals surface area contributed by atoms with E-state index in [1.807, 2.05) is 6.55 Å². The molecule has 2 heterocycles. The van der Waals surface area contributed by atoms with Gasteiger partial charge in [0, 0.05) is 7.05 Å².